The van der Waals surface area contributed by atoms with Crippen LogP contribution in [0.5, 0.6) is 0 Å². The van der Waals surface area contributed by atoms with Gasteiger partial charge < -0.3 is 10.2 Å². The third-order valence-electron chi connectivity index (χ3n) is 4.06. The summed E-state index contributed by atoms with van der Waals surface area (Å²) in [6, 6.07) is 5.89. The summed E-state index contributed by atoms with van der Waals surface area (Å²) >= 11 is 0. The van der Waals surface area contributed by atoms with Gasteiger partial charge >= 0.3 is 0 Å². The molecule has 0 aromatic heterocycles. The summed E-state index contributed by atoms with van der Waals surface area (Å²) in [6.45, 7) is 4.99. The van der Waals surface area contributed by atoms with Crippen molar-refractivity contribution in [3.63, 3.8) is 0 Å². The molecule has 0 bridgehead atoms. The predicted molar refractivity (Wildman–Crippen MR) is 90.2 cm³/mol. The van der Waals surface area contributed by atoms with Gasteiger partial charge in [-0.05, 0) is 43.0 Å². The van der Waals surface area contributed by atoms with E-state index in [1.54, 1.807) is 0 Å². The number of anilines is 2. The topological polar surface area (TPSA) is 49.4 Å². The van der Waals surface area contributed by atoms with Crippen molar-refractivity contribution in [3.05, 3.63) is 23.8 Å². The Balaban J connectivity index is 2.10. The zero-order valence-electron chi connectivity index (χ0n) is 13.7. The third kappa shape index (κ3) is 4.09. The van der Waals surface area contributed by atoms with Gasteiger partial charge in [-0.2, -0.15) is 0 Å². The number of rotatable bonds is 7. The molecule has 1 aliphatic rings. The van der Waals surface area contributed by atoms with E-state index in [-0.39, 0.29) is 11.8 Å². The molecule has 1 aliphatic heterocycles. The normalized spacial score (nSPS) is 13.9. The van der Waals surface area contributed by atoms with Crippen LogP contribution in [0.15, 0.2) is 18.2 Å². The number of benzene rings is 1. The molecular formula is C18H26N2O2. The molecule has 1 heterocycles. The van der Waals surface area contributed by atoms with Crippen molar-refractivity contribution in [1.82, 2.24) is 0 Å². The number of amides is 2. The first-order valence-corrected chi connectivity index (χ1v) is 8.38. The highest BCUT2D eigenvalue weighted by molar-refractivity contribution is 5.97. The molecule has 120 valence electrons. The zero-order chi connectivity index (χ0) is 15.9. The van der Waals surface area contributed by atoms with Gasteiger partial charge in [0.1, 0.15) is 0 Å². The second kappa shape index (κ2) is 7.97. The predicted octanol–water partition coefficient (Wildman–Crippen LogP) is 3.89. The summed E-state index contributed by atoms with van der Waals surface area (Å²) in [4.78, 5) is 25.8. The minimum Gasteiger partial charge on any atom is -0.326 e. The number of hydrogen-bond acceptors (Lipinski definition) is 2. The summed E-state index contributed by atoms with van der Waals surface area (Å²) in [5, 5.41) is 2.95. The molecule has 2 rings (SSSR count). The fourth-order valence-corrected chi connectivity index (χ4v) is 2.76. The van der Waals surface area contributed by atoms with Gasteiger partial charge in [0.25, 0.3) is 0 Å². The lowest BCUT2D eigenvalue weighted by atomic mass is 10.00. The van der Waals surface area contributed by atoms with Gasteiger partial charge in [-0.15, -0.1) is 0 Å². The van der Waals surface area contributed by atoms with Crippen LogP contribution in [0.25, 0.3) is 0 Å². The lowest BCUT2D eigenvalue weighted by Crippen LogP contribution is -2.35. The van der Waals surface area contributed by atoms with Gasteiger partial charge in [-0.1, -0.05) is 26.7 Å². The van der Waals surface area contributed by atoms with Crippen molar-refractivity contribution < 1.29 is 9.59 Å². The maximum absolute atomic E-state index is 12.1. The first kappa shape index (κ1) is 16.5. The second-order valence-corrected chi connectivity index (χ2v) is 5.89. The van der Waals surface area contributed by atoms with Crippen molar-refractivity contribution in [3.8, 4) is 0 Å². The number of nitrogens with one attached hydrogen (secondary N) is 1. The average Bonchev–Trinajstić information content (AvgIpc) is 2.52. The van der Waals surface area contributed by atoms with Gasteiger partial charge in [0, 0.05) is 30.8 Å². The van der Waals surface area contributed by atoms with Gasteiger partial charge in [0.05, 0.1) is 0 Å². The van der Waals surface area contributed by atoms with Gasteiger partial charge in [0.2, 0.25) is 11.8 Å². The molecule has 0 unspecified atom stereocenters. The number of fused-ring (bicyclic) bond motifs is 1. The number of carbonyl (C=O) groups is 2. The van der Waals surface area contributed by atoms with Crippen LogP contribution in [0.2, 0.25) is 0 Å². The Bertz CT molecular complexity index is 540. The Morgan fingerprint density at radius 1 is 1.18 bits per heavy atom. The van der Waals surface area contributed by atoms with E-state index in [2.05, 4.69) is 19.2 Å². The fourth-order valence-electron chi connectivity index (χ4n) is 2.76. The van der Waals surface area contributed by atoms with E-state index in [0.29, 0.717) is 12.8 Å². The lowest BCUT2D eigenvalue weighted by molar-refractivity contribution is -0.119. The van der Waals surface area contributed by atoms with E-state index < -0.39 is 0 Å². The molecule has 0 atom stereocenters. The van der Waals surface area contributed by atoms with E-state index in [0.717, 1.165) is 55.6 Å². The molecule has 1 aromatic carbocycles. The van der Waals surface area contributed by atoms with Crippen LogP contribution in [-0.4, -0.2) is 18.4 Å². The van der Waals surface area contributed by atoms with Crippen LogP contribution >= 0.6 is 0 Å². The molecule has 0 spiro atoms. The highest BCUT2D eigenvalue weighted by Crippen LogP contribution is 2.30. The minimum atomic E-state index is 0.0662. The Morgan fingerprint density at radius 2 is 1.95 bits per heavy atom. The maximum Gasteiger partial charge on any atom is 0.227 e. The second-order valence-electron chi connectivity index (χ2n) is 5.89. The molecule has 0 saturated carbocycles. The molecule has 0 aliphatic carbocycles. The molecule has 2 amide bonds. The van der Waals surface area contributed by atoms with Crippen LogP contribution in [-0.2, 0) is 16.0 Å². The summed E-state index contributed by atoms with van der Waals surface area (Å²) in [5.41, 5.74) is 3.00. The van der Waals surface area contributed by atoms with Crippen molar-refractivity contribution in [1.29, 1.82) is 0 Å². The summed E-state index contributed by atoms with van der Waals surface area (Å²) in [5.74, 6) is 0.275. The van der Waals surface area contributed by atoms with Crippen LogP contribution in [0, 0.1) is 0 Å². The van der Waals surface area contributed by atoms with Crippen molar-refractivity contribution in [2.75, 3.05) is 16.8 Å². The number of nitrogens with zero attached hydrogens (tertiary/aromatic N) is 1. The first-order valence-electron chi connectivity index (χ1n) is 8.38. The van der Waals surface area contributed by atoms with E-state index >= 15 is 0 Å². The molecule has 0 radical (unpaired) electrons. The Kier molecular flexibility index (Phi) is 5.99. The molecule has 1 aromatic rings. The maximum atomic E-state index is 12.1. The number of unbranched alkanes of at least 4 members (excludes halogenated alkanes) is 2. The molecule has 4 nitrogen and oxygen atoms in total. The molecule has 22 heavy (non-hydrogen) atoms. The number of hydrogen-bond donors (Lipinski definition) is 1. The van der Waals surface area contributed by atoms with Gasteiger partial charge in [-0.3, -0.25) is 9.59 Å². The van der Waals surface area contributed by atoms with Crippen LogP contribution in [0.3, 0.4) is 0 Å². The average molecular weight is 302 g/mol. The van der Waals surface area contributed by atoms with Gasteiger partial charge in [-0.25, -0.2) is 0 Å². The Labute approximate surface area is 132 Å². The van der Waals surface area contributed by atoms with Crippen LogP contribution in [0.1, 0.15) is 57.9 Å². The number of aryl methyl sites for hydroxylation is 1. The molecule has 0 saturated heterocycles. The summed E-state index contributed by atoms with van der Waals surface area (Å²) in [7, 11) is 0. The van der Waals surface area contributed by atoms with E-state index in [4.69, 9.17) is 0 Å². The largest absolute Gasteiger partial charge is 0.326 e. The Morgan fingerprint density at radius 3 is 2.68 bits per heavy atom. The third-order valence-corrected chi connectivity index (χ3v) is 4.06. The van der Waals surface area contributed by atoms with Crippen molar-refractivity contribution in [2.24, 2.45) is 0 Å². The highest BCUT2D eigenvalue weighted by Gasteiger charge is 2.23. The van der Waals surface area contributed by atoms with E-state index in [9.17, 15) is 9.59 Å². The molecule has 1 N–H and O–H groups in total. The lowest BCUT2D eigenvalue weighted by Gasteiger charge is -2.29. The monoisotopic (exact) mass is 302 g/mol. The number of carbonyl (C=O) groups excluding carboxylic acids is 2. The molecule has 0 fully saturated rings. The summed E-state index contributed by atoms with van der Waals surface area (Å²) in [6.07, 6.45) is 5.90. The van der Waals surface area contributed by atoms with Crippen LogP contribution < -0.4 is 10.2 Å². The fraction of sp³-hybridized carbons (Fsp3) is 0.556. The Hall–Kier alpha value is -1.84. The quantitative estimate of drug-likeness (QED) is 0.830. The minimum absolute atomic E-state index is 0.0662. The first-order chi connectivity index (χ1) is 10.7. The molecular weight excluding hydrogens is 276 g/mol. The SMILES string of the molecule is CCCCC(=O)Nc1ccc2c(c1)CCC(=O)N2CCCC. The standard InChI is InChI=1S/C18H26N2O2/c1-3-5-7-17(21)19-15-9-10-16-14(13-15)8-11-18(22)20(16)12-6-4-2/h9-10,13H,3-8,11-12H2,1-2H3,(H,19,21). The zero-order valence-corrected chi connectivity index (χ0v) is 13.7. The van der Waals surface area contributed by atoms with Crippen molar-refractivity contribution >= 4 is 23.2 Å². The summed E-state index contributed by atoms with van der Waals surface area (Å²) < 4.78 is 0. The molecule has 4 heteroatoms. The van der Waals surface area contributed by atoms with Crippen molar-refractivity contribution in [2.45, 2.75) is 58.8 Å². The highest BCUT2D eigenvalue weighted by atomic mass is 16.2. The smallest absolute Gasteiger partial charge is 0.227 e. The van der Waals surface area contributed by atoms with E-state index in [1.807, 2.05) is 23.1 Å². The van der Waals surface area contributed by atoms with Crippen LogP contribution in [0.4, 0.5) is 11.4 Å². The van der Waals surface area contributed by atoms with Gasteiger partial charge in [0.15, 0.2) is 0 Å². The van der Waals surface area contributed by atoms with E-state index in [1.165, 1.54) is 0 Å².